The Hall–Kier alpha value is -2.68. The summed E-state index contributed by atoms with van der Waals surface area (Å²) >= 11 is 3.86. The molecule has 0 saturated heterocycles. The molecule has 2 heteroatoms. The Balaban J connectivity index is 1.63. The molecule has 0 fully saturated rings. The number of fused-ring (bicyclic) bond motifs is 6. The first-order valence-corrected chi connectivity index (χ1v) is 11.2. The van der Waals surface area contributed by atoms with Crippen molar-refractivity contribution in [2.45, 2.75) is 13.8 Å². The second kappa shape index (κ2) is 5.91. The van der Waals surface area contributed by atoms with Gasteiger partial charge in [-0.3, -0.25) is 0 Å². The summed E-state index contributed by atoms with van der Waals surface area (Å²) in [5.41, 5.74) is 5.20. The van der Waals surface area contributed by atoms with Crippen molar-refractivity contribution in [2.75, 3.05) is 0 Å². The van der Waals surface area contributed by atoms with Crippen LogP contribution in [0, 0.1) is 13.8 Å². The Morgan fingerprint density at radius 1 is 0.500 bits per heavy atom. The van der Waals surface area contributed by atoms with Gasteiger partial charge in [-0.15, -0.1) is 22.7 Å². The average Bonchev–Trinajstić information content (AvgIpc) is 3.22. The van der Waals surface area contributed by atoms with Gasteiger partial charge in [-0.1, -0.05) is 59.7 Å². The van der Waals surface area contributed by atoms with Gasteiger partial charge in [-0.2, -0.15) is 0 Å². The Morgan fingerprint density at radius 2 is 1.18 bits per heavy atom. The highest BCUT2D eigenvalue weighted by molar-refractivity contribution is 7.36. The van der Waals surface area contributed by atoms with Crippen LogP contribution < -0.4 is 0 Å². The van der Waals surface area contributed by atoms with Crippen LogP contribution in [0.1, 0.15) is 11.1 Å². The molecule has 0 saturated carbocycles. The fourth-order valence-electron chi connectivity index (χ4n) is 4.05. The molecular formula is C26H18S2. The van der Waals surface area contributed by atoms with Crippen LogP contribution in [0.3, 0.4) is 0 Å². The van der Waals surface area contributed by atoms with Crippen LogP contribution in [0.25, 0.3) is 51.5 Å². The molecule has 0 aliphatic rings. The van der Waals surface area contributed by atoms with Crippen LogP contribution in [0.5, 0.6) is 0 Å². The van der Waals surface area contributed by atoms with Crippen molar-refractivity contribution in [2.24, 2.45) is 0 Å². The van der Waals surface area contributed by atoms with Crippen molar-refractivity contribution >= 4 is 63.0 Å². The fourth-order valence-corrected chi connectivity index (χ4v) is 6.69. The van der Waals surface area contributed by atoms with Gasteiger partial charge in [0.15, 0.2) is 0 Å². The molecule has 2 aromatic heterocycles. The van der Waals surface area contributed by atoms with E-state index in [0.717, 1.165) is 0 Å². The Kier molecular flexibility index (Phi) is 3.44. The maximum absolute atomic E-state index is 2.38. The molecule has 0 nitrogen and oxygen atoms in total. The normalized spacial score (nSPS) is 11.9. The predicted molar refractivity (Wildman–Crippen MR) is 127 cm³/mol. The van der Waals surface area contributed by atoms with E-state index in [2.05, 4.69) is 86.6 Å². The van der Waals surface area contributed by atoms with E-state index in [1.54, 1.807) is 0 Å². The van der Waals surface area contributed by atoms with Crippen molar-refractivity contribution in [3.63, 3.8) is 0 Å². The van der Waals surface area contributed by atoms with E-state index in [1.807, 2.05) is 22.7 Å². The molecule has 0 unspecified atom stereocenters. The smallest absolute Gasteiger partial charge is 0.0542 e. The van der Waals surface area contributed by atoms with Gasteiger partial charge < -0.3 is 0 Å². The monoisotopic (exact) mass is 394 g/mol. The Morgan fingerprint density at radius 3 is 2.00 bits per heavy atom. The van der Waals surface area contributed by atoms with Gasteiger partial charge >= 0.3 is 0 Å². The second-order valence-corrected chi connectivity index (χ2v) is 9.74. The Labute approximate surface area is 171 Å². The van der Waals surface area contributed by atoms with Gasteiger partial charge in [-0.25, -0.2) is 0 Å². The summed E-state index contributed by atoms with van der Waals surface area (Å²) in [4.78, 5) is 0. The molecule has 0 amide bonds. The standard InChI is InChI=1S/C26H18S2/c1-15-3-6-17(7-4-15)18-9-10-23-21(12-18)25-26(27-23)22-13-20-11-16(2)5-8-19(20)14-24(22)28-25/h3-14H,1-2H3. The molecule has 0 aliphatic heterocycles. The van der Waals surface area contributed by atoms with Crippen LogP contribution >= 0.6 is 22.7 Å². The van der Waals surface area contributed by atoms with Crippen molar-refractivity contribution in [1.29, 1.82) is 0 Å². The summed E-state index contributed by atoms with van der Waals surface area (Å²) in [6.07, 6.45) is 0. The molecule has 4 aromatic carbocycles. The van der Waals surface area contributed by atoms with Crippen LogP contribution in [-0.4, -0.2) is 0 Å². The summed E-state index contributed by atoms with van der Waals surface area (Å²) in [5, 5.41) is 5.46. The third kappa shape index (κ3) is 2.42. The van der Waals surface area contributed by atoms with Gasteiger partial charge in [0.05, 0.1) is 9.40 Å². The lowest BCUT2D eigenvalue weighted by Gasteiger charge is -2.03. The largest absolute Gasteiger partial charge is 0.134 e. The van der Waals surface area contributed by atoms with Crippen molar-refractivity contribution in [3.8, 4) is 11.1 Å². The summed E-state index contributed by atoms with van der Waals surface area (Å²) < 4.78 is 5.62. The van der Waals surface area contributed by atoms with E-state index in [9.17, 15) is 0 Å². The average molecular weight is 395 g/mol. The van der Waals surface area contributed by atoms with E-state index in [4.69, 9.17) is 0 Å². The molecule has 6 aromatic rings. The summed E-state index contributed by atoms with van der Waals surface area (Å²) in [6.45, 7) is 4.30. The van der Waals surface area contributed by atoms with Gasteiger partial charge in [0.25, 0.3) is 0 Å². The van der Waals surface area contributed by atoms with Crippen LogP contribution in [0.4, 0.5) is 0 Å². The molecule has 6 rings (SSSR count). The maximum atomic E-state index is 2.38. The topological polar surface area (TPSA) is 0 Å². The van der Waals surface area contributed by atoms with Crippen LogP contribution in [0.2, 0.25) is 0 Å². The maximum Gasteiger partial charge on any atom is 0.0542 e. The molecule has 0 atom stereocenters. The first-order chi connectivity index (χ1) is 13.7. The quantitative estimate of drug-likeness (QED) is 0.261. The first-order valence-electron chi connectivity index (χ1n) is 9.52. The molecule has 0 bridgehead atoms. The molecular weight excluding hydrogens is 376 g/mol. The molecule has 0 radical (unpaired) electrons. The van der Waals surface area contributed by atoms with Gasteiger partial charge in [0, 0.05) is 20.2 Å². The van der Waals surface area contributed by atoms with E-state index >= 15 is 0 Å². The van der Waals surface area contributed by atoms with E-state index in [-0.39, 0.29) is 0 Å². The van der Waals surface area contributed by atoms with Gasteiger partial charge in [-0.05, 0) is 60.0 Å². The zero-order chi connectivity index (χ0) is 18.8. The number of benzene rings is 4. The summed E-state index contributed by atoms with van der Waals surface area (Å²) in [7, 11) is 0. The lowest BCUT2D eigenvalue weighted by Crippen LogP contribution is -1.78. The Bertz CT molecular complexity index is 1510. The van der Waals surface area contributed by atoms with Crippen LogP contribution in [-0.2, 0) is 0 Å². The number of hydrogen-bond donors (Lipinski definition) is 0. The van der Waals surface area contributed by atoms with Crippen LogP contribution in [0.15, 0.2) is 72.8 Å². The number of thiophene rings is 2. The third-order valence-electron chi connectivity index (χ3n) is 5.58. The molecule has 0 spiro atoms. The molecule has 0 N–H and O–H groups in total. The van der Waals surface area contributed by atoms with E-state index in [0.29, 0.717) is 0 Å². The number of aryl methyl sites for hydroxylation is 2. The van der Waals surface area contributed by atoms with Gasteiger partial charge in [0.2, 0.25) is 0 Å². The zero-order valence-corrected chi connectivity index (χ0v) is 17.4. The minimum atomic E-state index is 1.29. The molecule has 28 heavy (non-hydrogen) atoms. The lowest BCUT2D eigenvalue weighted by molar-refractivity contribution is 1.47. The molecule has 0 aliphatic carbocycles. The highest BCUT2D eigenvalue weighted by Gasteiger charge is 2.14. The number of hydrogen-bond acceptors (Lipinski definition) is 2. The lowest BCUT2D eigenvalue weighted by atomic mass is 10.0. The van der Waals surface area contributed by atoms with E-state index in [1.165, 1.54) is 62.6 Å². The van der Waals surface area contributed by atoms with Crippen molar-refractivity contribution in [3.05, 3.63) is 83.9 Å². The third-order valence-corrected chi connectivity index (χ3v) is 8.10. The minimum Gasteiger partial charge on any atom is -0.134 e. The number of rotatable bonds is 1. The zero-order valence-electron chi connectivity index (χ0n) is 15.7. The molecule has 2 heterocycles. The summed E-state index contributed by atoms with van der Waals surface area (Å²) in [5.74, 6) is 0. The van der Waals surface area contributed by atoms with Crippen molar-refractivity contribution < 1.29 is 0 Å². The highest BCUT2D eigenvalue weighted by Crippen LogP contribution is 2.46. The molecule has 134 valence electrons. The minimum absolute atomic E-state index is 1.29. The predicted octanol–water partition coefficient (Wildman–Crippen LogP) is 8.71. The highest BCUT2D eigenvalue weighted by atomic mass is 32.1. The van der Waals surface area contributed by atoms with Gasteiger partial charge in [0.1, 0.15) is 0 Å². The van der Waals surface area contributed by atoms with Crippen molar-refractivity contribution in [1.82, 2.24) is 0 Å². The first kappa shape index (κ1) is 16.3. The SMILES string of the molecule is Cc1ccc(-c2ccc3sc4c5cc6cc(C)ccc6cc5sc4c3c2)cc1. The fraction of sp³-hybridized carbons (Fsp3) is 0.0769. The second-order valence-electron chi connectivity index (χ2n) is 7.64. The summed E-state index contributed by atoms with van der Waals surface area (Å²) in [6, 6.07) is 27.2. The van der Waals surface area contributed by atoms with E-state index < -0.39 is 0 Å².